The van der Waals surface area contributed by atoms with E-state index in [9.17, 15) is 4.79 Å². The molecule has 1 atom stereocenters. The molecule has 1 aromatic carbocycles. The number of nitrogens with zero attached hydrogens (tertiary/aromatic N) is 3. The molecule has 138 valence electrons. The van der Waals surface area contributed by atoms with Gasteiger partial charge in [0.25, 0.3) is 0 Å². The zero-order valence-corrected chi connectivity index (χ0v) is 15.3. The van der Waals surface area contributed by atoms with Crippen molar-refractivity contribution in [1.29, 1.82) is 0 Å². The standard InChI is InChI=1S/C20H26N4O2/c1-3-4-10-20(22-23-20)11-9-19(25)21-16(2)17-5-7-18(8-6-17)24-12-14-26-15-13-24/h1,5-8,16H,4,9-15H2,2H3,(H,21,25). The lowest BCUT2D eigenvalue weighted by Crippen LogP contribution is -2.36. The van der Waals surface area contributed by atoms with Gasteiger partial charge in [-0.1, -0.05) is 12.1 Å². The molecule has 6 heteroatoms. The van der Waals surface area contributed by atoms with E-state index in [0.717, 1.165) is 38.3 Å². The molecule has 0 radical (unpaired) electrons. The van der Waals surface area contributed by atoms with Crippen LogP contribution < -0.4 is 10.2 Å². The average Bonchev–Trinajstić information content (AvgIpc) is 3.46. The lowest BCUT2D eigenvalue weighted by molar-refractivity contribution is -0.122. The summed E-state index contributed by atoms with van der Waals surface area (Å²) in [5, 5.41) is 11.2. The molecule has 1 saturated heterocycles. The maximum Gasteiger partial charge on any atom is 0.220 e. The first-order valence-corrected chi connectivity index (χ1v) is 9.21. The molecule has 1 unspecified atom stereocenters. The third-order valence-electron chi connectivity index (χ3n) is 4.95. The highest BCUT2D eigenvalue weighted by atomic mass is 16.5. The molecule has 2 aliphatic rings. The van der Waals surface area contributed by atoms with Crippen LogP contribution in [0.5, 0.6) is 0 Å². The van der Waals surface area contributed by atoms with Crippen molar-refractivity contribution >= 4 is 11.6 Å². The van der Waals surface area contributed by atoms with Crippen molar-refractivity contribution in [3.05, 3.63) is 29.8 Å². The van der Waals surface area contributed by atoms with Gasteiger partial charge in [-0.2, -0.15) is 10.2 Å². The minimum Gasteiger partial charge on any atom is -0.378 e. The summed E-state index contributed by atoms with van der Waals surface area (Å²) in [6.45, 7) is 5.39. The van der Waals surface area contributed by atoms with Gasteiger partial charge in [-0.15, -0.1) is 12.3 Å². The van der Waals surface area contributed by atoms with Crippen molar-refractivity contribution in [3.63, 3.8) is 0 Å². The second-order valence-electron chi connectivity index (χ2n) is 6.87. The lowest BCUT2D eigenvalue weighted by atomic mass is 10.0. The van der Waals surface area contributed by atoms with Gasteiger partial charge >= 0.3 is 0 Å². The van der Waals surface area contributed by atoms with Crippen molar-refractivity contribution < 1.29 is 9.53 Å². The molecule has 1 aromatic rings. The van der Waals surface area contributed by atoms with Crippen LogP contribution in [0.15, 0.2) is 34.5 Å². The van der Waals surface area contributed by atoms with E-state index >= 15 is 0 Å². The van der Waals surface area contributed by atoms with E-state index < -0.39 is 5.66 Å². The van der Waals surface area contributed by atoms with Crippen LogP contribution in [0.2, 0.25) is 0 Å². The topological polar surface area (TPSA) is 66.3 Å². The van der Waals surface area contributed by atoms with Gasteiger partial charge in [-0.25, -0.2) is 0 Å². The molecular formula is C20H26N4O2. The zero-order chi connectivity index (χ0) is 18.4. The monoisotopic (exact) mass is 354 g/mol. The number of anilines is 1. The van der Waals surface area contributed by atoms with Crippen LogP contribution in [-0.4, -0.2) is 37.9 Å². The summed E-state index contributed by atoms with van der Waals surface area (Å²) in [5.74, 6) is 2.62. The quantitative estimate of drug-likeness (QED) is 0.730. The lowest BCUT2D eigenvalue weighted by Gasteiger charge is -2.29. The van der Waals surface area contributed by atoms with Crippen LogP contribution in [0, 0.1) is 12.3 Å². The maximum absolute atomic E-state index is 12.2. The SMILES string of the molecule is C#CCCC1(CCC(=O)NC(C)c2ccc(N3CCOCC3)cc2)N=N1. The van der Waals surface area contributed by atoms with Crippen LogP contribution in [0.4, 0.5) is 5.69 Å². The molecule has 2 aliphatic heterocycles. The molecule has 0 aromatic heterocycles. The molecule has 0 aliphatic carbocycles. The minimum atomic E-state index is -0.396. The fourth-order valence-corrected chi connectivity index (χ4v) is 3.17. The number of carbonyl (C=O) groups is 1. The average molecular weight is 354 g/mol. The molecule has 0 spiro atoms. The first-order chi connectivity index (χ1) is 12.6. The fraction of sp³-hybridized carbons (Fsp3) is 0.550. The Bertz CT molecular complexity index is 681. The predicted molar refractivity (Wildman–Crippen MR) is 101 cm³/mol. The molecule has 1 N–H and O–H groups in total. The van der Waals surface area contributed by atoms with E-state index in [1.165, 1.54) is 5.69 Å². The molecular weight excluding hydrogens is 328 g/mol. The van der Waals surface area contributed by atoms with E-state index in [4.69, 9.17) is 11.2 Å². The summed E-state index contributed by atoms with van der Waals surface area (Å²) in [6, 6.07) is 8.35. The minimum absolute atomic E-state index is 0.0205. The number of hydrogen-bond acceptors (Lipinski definition) is 5. The summed E-state index contributed by atoms with van der Waals surface area (Å²) in [5.41, 5.74) is 1.90. The van der Waals surface area contributed by atoms with E-state index in [1.807, 2.05) is 6.92 Å². The number of terminal acetylenes is 1. The zero-order valence-electron chi connectivity index (χ0n) is 15.3. The fourth-order valence-electron chi connectivity index (χ4n) is 3.17. The van der Waals surface area contributed by atoms with Gasteiger partial charge in [0.15, 0.2) is 5.66 Å². The number of nitrogens with one attached hydrogen (secondary N) is 1. The Hall–Kier alpha value is -2.39. The molecule has 2 heterocycles. The number of ether oxygens (including phenoxy) is 1. The van der Waals surface area contributed by atoms with E-state index in [1.54, 1.807) is 0 Å². The number of carbonyl (C=O) groups excluding carboxylic acids is 1. The van der Waals surface area contributed by atoms with Gasteiger partial charge in [0, 0.05) is 44.5 Å². The highest BCUT2D eigenvalue weighted by molar-refractivity contribution is 5.76. The molecule has 1 amide bonds. The summed E-state index contributed by atoms with van der Waals surface area (Å²) in [6.07, 6.45) is 7.70. The van der Waals surface area contributed by atoms with Gasteiger partial charge < -0.3 is 15.0 Å². The number of amides is 1. The highest BCUT2D eigenvalue weighted by Crippen LogP contribution is 2.37. The number of hydrogen-bond donors (Lipinski definition) is 1. The van der Waals surface area contributed by atoms with Crippen LogP contribution in [0.3, 0.4) is 0 Å². The van der Waals surface area contributed by atoms with Crippen molar-refractivity contribution in [2.24, 2.45) is 10.2 Å². The molecule has 26 heavy (non-hydrogen) atoms. The Morgan fingerprint density at radius 1 is 1.31 bits per heavy atom. The first kappa shape index (κ1) is 18.4. The highest BCUT2D eigenvalue weighted by Gasteiger charge is 2.39. The molecule has 0 bridgehead atoms. The Morgan fingerprint density at radius 3 is 2.62 bits per heavy atom. The molecule has 6 nitrogen and oxygen atoms in total. The third-order valence-corrected chi connectivity index (χ3v) is 4.95. The van der Waals surface area contributed by atoms with E-state index in [2.05, 4.69) is 50.6 Å². The third kappa shape index (κ3) is 4.83. The maximum atomic E-state index is 12.2. The molecule has 3 rings (SSSR count). The number of rotatable bonds is 8. The second-order valence-corrected chi connectivity index (χ2v) is 6.87. The van der Waals surface area contributed by atoms with Gasteiger partial charge in [0.2, 0.25) is 5.91 Å². The van der Waals surface area contributed by atoms with Crippen molar-refractivity contribution in [1.82, 2.24) is 5.32 Å². The largest absolute Gasteiger partial charge is 0.378 e. The number of benzene rings is 1. The normalized spacial score (nSPS) is 18.8. The Kier molecular flexibility index (Phi) is 5.89. The Morgan fingerprint density at radius 2 is 2.00 bits per heavy atom. The van der Waals surface area contributed by atoms with Crippen LogP contribution in [0.1, 0.15) is 44.2 Å². The van der Waals surface area contributed by atoms with Crippen molar-refractivity contribution in [2.75, 3.05) is 31.2 Å². The van der Waals surface area contributed by atoms with E-state index in [0.29, 0.717) is 19.3 Å². The van der Waals surface area contributed by atoms with Gasteiger partial charge in [-0.05, 0) is 24.6 Å². The Labute approximate surface area is 155 Å². The van der Waals surface area contributed by atoms with Gasteiger partial charge in [0.1, 0.15) is 0 Å². The van der Waals surface area contributed by atoms with Gasteiger partial charge in [-0.3, -0.25) is 4.79 Å². The number of morpholine rings is 1. The van der Waals surface area contributed by atoms with Crippen LogP contribution >= 0.6 is 0 Å². The van der Waals surface area contributed by atoms with Crippen molar-refractivity contribution in [2.45, 2.75) is 44.3 Å². The smallest absolute Gasteiger partial charge is 0.220 e. The predicted octanol–water partition coefficient (Wildman–Crippen LogP) is 3.06. The molecule has 1 fully saturated rings. The summed E-state index contributed by atoms with van der Waals surface area (Å²) >= 11 is 0. The first-order valence-electron chi connectivity index (χ1n) is 9.21. The second kappa shape index (κ2) is 8.33. The van der Waals surface area contributed by atoms with E-state index in [-0.39, 0.29) is 11.9 Å². The van der Waals surface area contributed by atoms with Gasteiger partial charge in [0.05, 0.1) is 19.3 Å². The Balaban J connectivity index is 1.46. The summed E-state index contributed by atoms with van der Waals surface area (Å²) < 4.78 is 5.39. The van der Waals surface area contributed by atoms with Crippen molar-refractivity contribution in [3.8, 4) is 12.3 Å². The van der Waals surface area contributed by atoms with Crippen LogP contribution in [0.25, 0.3) is 0 Å². The summed E-state index contributed by atoms with van der Waals surface area (Å²) in [4.78, 5) is 14.5. The summed E-state index contributed by atoms with van der Waals surface area (Å²) in [7, 11) is 0. The van der Waals surface area contributed by atoms with Crippen LogP contribution in [-0.2, 0) is 9.53 Å². The molecule has 0 saturated carbocycles.